The Hall–Kier alpha value is -1.10. The normalized spacial score (nSPS) is 10.9. The number of rotatable bonds is 2. The Kier molecular flexibility index (Phi) is 3.48. The molecule has 0 amide bonds. The van der Waals surface area contributed by atoms with Gasteiger partial charge in [-0.15, -0.1) is 0 Å². The van der Waals surface area contributed by atoms with E-state index < -0.39 is 0 Å². The van der Waals surface area contributed by atoms with E-state index in [1.54, 1.807) is 18.4 Å². The van der Waals surface area contributed by atoms with Gasteiger partial charge in [-0.2, -0.15) is 11.3 Å². The van der Waals surface area contributed by atoms with Gasteiger partial charge in [0.1, 0.15) is 5.75 Å². The molecule has 0 saturated heterocycles. The zero-order valence-corrected chi connectivity index (χ0v) is 13.1. The summed E-state index contributed by atoms with van der Waals surface area (Å²) in [6, 6.07) is 7.73. The van der Waals surface area contributed by atoms with Crippen LogP contribution in [0.4, 0.5) is 0 Å². The maximum absolute atomic E-state index is 6.35. The Morgan fingerprint density at radius 2 is 2.16 bits per heavy atom. The van der Waals surface area contributed by atoms with Gasteiger partial charge in [-0.1, -0.05) is 11.6 Å². The highest BCUT2D eigenvalue weighted by atomic mass is 79.9. The average molecular weight is 355 g/mol. The van der Waals surface area contributed by atoms with Crippen molar-refractivity contribution in [2.75, 3.05) is 7.11 Å². The fraction of sp³-hybridized carbons (Fsp3) is 0.0714. The molecule has 0 N–H and O–H groups in total. The van der Waals surface area contributed by atoms with Gasteiger partial charge in [0.05, 0.1) is 27.8 Å². The van der Waals surface area contributed by atoms with E-state index >= 15 is 0 Å². The number of nitrogens with zero attached hydrogens (tertiary/aromatic N) is 1. The van der Waals surface area contributed by atoms with Crippen molar-refractivity contribution in [1.29, 1.82) is 0 Å². The van der Waals surface area contributed by atoms with Crippen LogP contribution in [0.3, 0.4) is 0 Å². The number of pyridine rings is 1. The molecular weight excluding hydrogens is 346 g/mol. The monoisotopic (exact) mass is 353 g/mol. The Labute approximate surface area is 128 Å². The molecule has 0 aliphatic rings. The molecule has 1 aromatic carbocycles. The van der Waals surface area contributed by atoms with Crippen LogP contribution in [0.25, 0.3) is 22.2 Å². The Bertz CT molecular complexity index is 743. The number of thiophene rings is 1. The van der Waals surface area contributed by atoms with Crippen molar-refractivity contribution in [2.45, 2.75) is 0 Å². The van der Waals surface area contributed by atoms with Crippen LogP contribution in [0.5, 0.6) is 5.75 Å². The Morgan fingerprint density at radius 3 is 2.84 bits per heavy atom. The molecule has 0 spiro atoms. The van der Waals surface area contributed by atoms with E-state index in [1.807, 2.05) is 29.6 Å². The largest absolute Gasteiger partial charge is 0.495 e. The maximum Gasteiger partial charge on any atom is 0.135 e. The maximum atomic E-state index is 6.35. The van der Waals surface area contributed by atoms with Crippen molar-refractivity contribution in [2.24, 2.45) is 0 Å². The van der Waals surface area contributed by atoms with E-state index in [2.05, 4.69) is 26.3 Å². The lowest BCUT2D eigenvalue weighted by atomic mass is 10.1. The summed E-state index contributed by atoms with van der Waals surface area (Å²) in [7, 11) is 1.64. The van der Waals surface area contributed by atoms with E-state index in [0.29, 0.717) is 5.02 Å². The van der Waals surface area contributed by atoms with Gasteiger partial charge in [0.15, 0.2) is 0 Å². The lowest BCUT2D eigenvalue weighted by molar-refractivity contribution is 0.413. The van der Waals surface area contributed by atoms with Gasteiger partial charge in [-0.3, -0.25) is 0 Å². The van der Waals surface area contributed by atoms with Crippen LogP contribution < -0.4 is 4.74 Å². The minimum absolute atomic E-state index is 0.689. The summed E-state index contributed by atoms with van der Waals surface area (Å²) in [4.78, 5) is 4.68. The highest BCUT2D eigenvalue weighted by Crippen LogP contribution is 2.37. The van der Waals surface area contributed by atoms with E-state index in [9.17, 15) is 0 Å². The number of halogens is 2. The quantitative estimate of drug-likeness (QED) is 0.615. The van der Waals surface area contributed by atoms with Crippen molar-refractivity contribution >= 4 is 49.8 Å². The van der Waals surface area contributed by atoms with E-state index in [-0.39, 0.29) is 0 Å². The lowest BCUT2D eigenvalue weighted by Crippen LogP contribution is -1.90. The first-order valence-corrected chi connectivity index (χ1v) is 7.67. The number of benzene rings is 1. The van der Waals surface area contributed by atoms with E-state index in [4.69, 9.17) is 16.3 Å². The standard InChI is InChI=1S/C14H9BrClNOS/c1-18-12-3-2-9-10(16)6-11(8-4-5-19-7-8)17-14(9)13(12)15/h2-7H,1H3. The molecule has 2 aromatic heterocycles. The predicted molar refractivity (Wildman–Crippen MR) is 84.3 cm³/mol. The Balaban J connectivity index is 2.32. The SMILES string of the molecule is COc1ccc2c(Cl)cc(-c3ccsc3)nc2c1Br. The zero-order valence-electron chi connectivity index (χ0n) is 9.98. The highest BCUT2D eigenvalue weighted by molar-refractivity contribution is 9.10. The van der Waals surface area contributed by atoms with Gasteiger partial charge >= 0.3 is 0 Å². The van der Waals surface area contributed by atoms with Crippen LogP contribution in [-0.2, 0) is 0 Å². The topological polar surface area (TPSA) is 22.1 Å². The number of methoxy groups -OCH3 is 1. The molecule has 96 valence electrons. The summed E-state index contributed by atoms with van der Waals surface area (Å²) < 4.78 is 6.12. The molecular formula is C14H9BrClNOS. The smallest absolute Gasteiger partial charge is 0.135 e. The second kappa shape index (κ2) is 5.12. The molecule has 0 bridgehead atoms. The molecule has 19 heavy (non-hydrogen) atoms. The summed E-state index contributed by atoms with van der Waals surface area (Å²) >= 11 is 11.5. The molecule has 0 aliphatic carbocycles. The van der Waals surface area contributed by atoms with Crippen molar-refractivity contribution in [3.63, 3.8) is 0 Å². The minimum atomic E-state index is 0.689. The van der Waals surface area contributed by atoms with Crippen molar-refractivity contribution in [3.05, 3.63) is 44.5 Å². The molecule has 3 aromatic rings. The third-order valence-electron chi connectivity index (χ3n) is 2.87. The van der Waals surface area contributed by atoms with Crippen LogP contribution in [0.15, 0.2) is 39.5 Å². The van der Waals surface area contributed by atoms with Crippen LogP contribution in [0.1, 0.15) is 0 Å². The second-order valence-corrected chi connectivity index (χ2v) is 5.96. The number of hydrogen-bond acceptors (Lipinski definition) is 3. The fourth-order valence-corrected chi connectivity index (χ4v) is 3.42. The van der Waals surface area contributed by atoms with Crippen LogP contribution in [0.2, 0.25) is 5.02 Å². The molecule has 0 saturated carbocycles. The highest BCUT2D eigenvalue weighted by Gasteiger charge is 2.12. The van der Waals surface area contributed by atoms with Crippen molar-refractivity contribution in [3.8, 4) is 17.0 Å². The average Bonchev–Trinajstić information content (AvgIpc) is 2.94. The van der Waals surface area contributed by atoms with Gasteiger partial charge in [0.2, 0.25) is 0 Å². The molecule has 0 aliphatic heterocycles. The van der Waals surface area contributed by atoms with Crippen LogP contribution in [-0.4, -0.2) is 12.1 Å². The molecule has 2 nitrogen and oxygen atoms in total. The van der Waals surface area contributed by atoms with Gasteiger partial charge in [0.25, 0.3) is 0 Å². The molecule has 0 atom stereocenters. The van der Waals surface area contributed by atoms with Crippen molar-refractivity contribution in [1.82, 2.24) is 4.98 Å². The first-order valence-electron chi connectivity index (χ1n) is 5.56. The first-order chi connectivity index (χ1) is 9.20. The summed E-state index contributed by atoms with van der Waals surface area (Å²) in [6.07, 6.45) is 0. The molecule has 0 fully saturated rings. The third kappa shape index (κ3) is 2.24. The summed E-state index contributed by atoms with van der Waals surface area (Å²) in [6.45, 7) is 0. The Morgan fingerprint density at radius 1 is 1.32 bits per heavy atom. The fourth-order valence-electron chi connectivity index (χ4n) is 1.91. The van der Waals surface area contributed by atoms with Crippen LogP contribution in [0, 0.1) is 0 Å². The van der Waals surface area contributed by atoms with Crippen molar-refractivity contribution < 1.29 is 4.74 Å². The van der Waals surface area contributed by atoms with E-state index in [1.165, 1.54) is 0 Å². The number of hydrogen-bond donors (Lipinski definition) is 0. The number of ether oxygens (including phenoxy) is 1. The van der Waals surface area contributed by atoms with Gasteiger partial charge in [0, 0.05) is 16.3 Å². The third-order valence-corrected chi connectivity index (χ3v) is 4.63. The molecule has 0 unspecified atom stereocenters. The summed E-state index contributed by atoms with van der Waals surface area (Å²) in [5, 5.41) is 5.68. The molecule has 0 radical (unpaired) electrons. The number of aromatic nitrogens is 1. The molecule has 3 rings (SSSR count). The van der Waals surface area contributed by atoms with Gasteiger partial charge in [-0.25, -0.2) is 4.98 Å². The van der Waals surface area contributed by atoms with Gasteiger partial charge < -0.3 is 4.74 Å². The summed E-state index contributed by atoms with van der Waals surface area (Å²) in [5.74, 6) is 0.749. The second-order valence-electron chi connectivity index (χ2n) is 3.98. The first kappa shape index (κ1) is 12.9. The molecule has 5 heteroatoms. The lowest BCUT2D eigenvalue weighted by Gasteiger charge is -2.09. The predicted octanol–water partition coefficient (Wildman–Crippen LogP) is 5.39. The van der Waals surface area contributed by atoms with Gasteiger partial charge in [-0.05, 0) is 45.6 Å². The minimum Gasteiger partial charge on any atom is -0.495 e. The molecule has 2 heterocycles. The van der Waals surface area contributed by atoms with E-state index in [0.717, 1.165) is 32.4 Å². The number of fused-ring (bicyclic) bond motifs is 1. The van der Waals surface area contributed by atoms with Crippen LogP contribution >= 0.6 is 38.9 Å². The zero-order chi connectivity index (χ0) is 13.4. The summed E-state index contributed by atoms with van der Waals surface area (Å²) in [5.41, 5.74) is 2.75.